The van der Waals surface area contributed by atoms with Gasteiger partial charge in [0, 0.05) is 40.4 Å². The quantitative estimate of drug-likeness (QED) is 0.229. The highest BCUT2D eigenvalue weighted by Crippen LogP contribution is 2.29. The molecule has 212 valence electrons. The maximum Gasteiger partial charge on any atom is 0.243 e. The highest BCUT2D eigenvalue weighted by molar-refractivity contribution is 7.99. The van der Waals surface area contributed by atoms with E-state index in [0.29, 0.717) is 37.8 Å². The molecule has 4 rings (SSSR count). The van der Waals surface area contributed by atoms with E-state index in [1.807, 2.05) is 36.4 Å². The average molecular weight is 638 g/mol. The van der Waals surface area contributed by atoms with E-state index in [-0.39, 0.29) is 30.2 Å². The molecule has 1 N–H and O–H groups in total. The largest absolute Gasteiger partial charge is 0.352 e. The van der Waals surface area contributed by atoms with Gasteiger partial charge >= 0.3 is 0 Å². The van der Waals surface area contributed by atoms with Gasteiger partial charge in [0.2, 0.25) is 11.8 Å². The number of carbonyl (C=O) groups is 2. The summed E-state index contributed by atoms with van der Waals surface area (Å²) in [6.07, 6.45) is 5.66. The molecule has 0 aliphatic heterocycles. The van der Waals surface area contributed by atoms with Crippen LogP contribution in [0.5, 0.6) is 0 Å². The summed E-state index contributed by atoms with van der Waals surface area (Å²) in [6.45, 7) is 0.125. The van der Waals surface area contributed by atoms with Crippen LogP contribution in [-0.2, 0) is 28.3 Å². The molecule has 3 aromatic carbocycles. The van der Waals surface area contributed by atoms with Crippen LogP contribution in [0.4, 0.5) is 0 Å². The Morgan fingerprint density at radius 2 is 1.52 bits per heavy atom. The molecule has 9 heteroatoms. The molecule has 0 radical (unpaired) electrons. The monoisotopic (exact) mass is 636 g/mol. The van der Waals surface area contributed by atoms with Crippen LogP contribution in [0.3, 0.4) is 0 Å². The number of benzene rings is 3. The maximum absolute atomic E-state index is 13.9. The van der Waals surface area contributed by atoms with Crippen LogP contribution in [0.15, 0.2) is 66.7 Å². The van der Waals surface area contributed by atoms with Gasteiger partial charge in [0.15, 0.2) is 0 Å². The molecule has 1 aliphatic carbocycles. The molecule has 40 heavy (non-hydrogen) atoms. The van der Waals surface area contributed by atoms with E-state index >= 15 is 0 Å². The summed E-state index contributed by atoms with van der Waals surface area (Å²) >= 11 is 26.8. The van der Waals surface area contributed by atoms with Crippen molar-refractivity contribution in [2.45, 2.75) is 62.9 Å². The zero-order valence-electron chi connectivity index (χ0n) is 22.1. The van der Waals surface area contributed by atoms with Crippen molar-refractivity contribution in [1.82, 2.24) is 10.2 Å². The number of nitrogens with zero attached hydrogens (tertiary/aromatic N) is 1. The standard InChI is InChI=1S/C31H32Cl4N2O2S/c32-25-12-7-13-26(33)24(25)18-37(30(38)20-40-19-22-14-15-27(34)28(35)16-22)29(17-21-8-3-1-4-9-21)31(39)36-23-10-5-2-6-11-23/h1,3-4,7-9,12-16,23,29H,2,5-6,10-11,17-20H2,(H,36,39). The minimum absolute atomic E-state index is 0.115. The first kappa shape index (κ1) is 31.1. The number of carbonyl (C=O) groups excluding carboxylic acids is 2. The molecule has 0 bridgehead atoms. The van der Waals surface area contributed by atoms with Crippen LogP contribution in [0, 0.1) is 0 Å². The van der Waals surface area contributed by atoms with Crippen molar-refractivity contribution in [2.75, 3.05) is 5.75 Å². The van der Waals surface area contributed by atoms with Crippen molar-refractivity contribution in [3.8, 4) is 0 Å². The fourth-order valence-corrected chi connectivity index (χ4v) is 6.62. The number of hydrogen-bond acceptors (Lipinski definition) is 3. The molecule has 2 amide bonds. The van der Waals surface area contributed by atoms with Crippen LogP contribution in [0.2, 0.25) is 20.1 Å². The van der Waals surface area contributed by atoms with E-state index in [2.05, 4.69) is 5.32 Å². The van der Waals surface area contributed by atoms with Crippen LogP contribution in [0.1, 0.15) is 48.8 Å². The van der Waals surface area contributed by atoms with Crippen molar-refractivity contribution >= 4 is 70.0 Å². The Morgan fingerprint density at radius 1 is 0.825 bits per heavy atom. The molecule has 1 unspecified atom stereocenters. The third-order valence-corrected chi connectivity index (χ3v) is 9.53. The molecular formula is C31H32Cl4N2O2S. The molecule has 1 atom stereocenters. The molecule has 1 aliphatic rings. The molecule has 0 saturated heterocycles. The number of halogens is 4. The zero-order chi connectivity index (χ0) is 28.5. The van der Waals surface area contributed by atoms with Gasteiger partial charge in [-0.15, -0.1) is 11.8 Å². The fraction of sp³-hybridized carbons (Fsp3) is 0.355. The lowest BCUT2D eigenvalue weighted by Crippen LogP contribution is -2.53. The fourth-order valence-electron chi connectivity index (χ4n) is 4.92. The molecule has 0 aromatic heterocycles. The van der Waals surface area contributed by atoms with Gasteiger partial charge in [-0.1, -0.05) is 108 Å². The minimum Gasteiger partial charge on any atom is -0.352 e. The summed E-state index contributed by atoms with van der Waals surface area (Å²) in [5.74, 6) is 0.424. The predicted octanol–water partition coefficient (Wildman–Crippen LogP) is 8.62. The first-order valence-electron chi connectivity index (χ1n) is 13.4. The normalized spacial score (nSPS) is 14.5. The van der Waals surface area contributed by atoms with Gasteiger partial charge in [0.1, 0.15) is 6.04 Å². The lowest BCUT2D eigenvalue weighted by Gasteiger charge is -2.34. The summed E-state index contributed by atoms with van der Waals surface area (Å²) in [4.78, 5) is 29.4. The van der Waals surface area contributed by atoms with E-state index in [1.165, 1.54) is 18.2 Å². The summed E-state index contributed by atoms with van der Waals surface area (Å²) in [5, 5.41) is 5.13. The van der Waals surface area contributed by atoms with Crippen molar-refractivity contribution in [2.24, 2.45) is 0 Å². The Morgan fingerprint density at radius 3 is 2.20 bits per heavy atom. The van der Waals surface area contributed by atoms with Crippen molar-refractivity contribution in [1.29, 1.82) is 0 Å². The Labute approximate surface area is 260 Å². The third-order valence-electron chi connectivity index (χ3n) is 7.09. The van der Waals surface area contributed by atoms with Crippen molar-refractivity contribution in [3.05, 3.63) is 104 Å². The first-order chi connectivity index (χ1) is 19.3. The van der Waals surface area contributed by atoms with Crippen LogP contribution >= 0.6 is 58.2 Å². The van der Waals surface area contributed by atoms with E-state index in [9.17, 15) is 9.59 Å². The second kappa shape index (κ2) is 15.4. The highest BCUT2D eigenvalue weighted by atomic mass is 35.5. The SMILES string of the molecule is O=C(NC1CCCCC1)C(Cc1ccccc1)N(Cc1c(Cl)cccc1Cl)C(=O)CSCc1ccc(Cl)c(Cl)c1. The Bertz CT molecular complexity index is 1280. The van der Waals surface area contributed by atoms with Crippen LogP contribution in [-0.4, -0.2) is 34.6 Å². The van der Waals surface area contributed by atoms with E-state index < -0.39 is 6.04 Å². The van der Waals surface area contributed by atoms with E-state index in [1.54, 1.807) is 35.2 Å². The van der Waals surface area contributed by atoms with Crippen molar-refractivity contribution < 1.29 is 9.59 Å². The number of nitrogens with one attached hydrogen (secondary N) is 1. The van der Waals surface area contributed by atoms with Gasteiger partial charge in [-0.2, -0.15) is 0 Å². The van der Waals surface area contributed by atoms with Gasteiger partial charge in [0.25, 0.3) is 0 Å². The number of amides is 2. The molecule has 0 heterocycles. The van der Waals surface area contributed by atoms with E-state index in [0.717, 1.165) is 36.8 Å². The minimum atomic E-state index is -0.727. The maximum atomic E-state index is 13.9. The smallest absolute Gasteiger partial charge is 0.243 e. The predicted molar refractivity (Wildman–Crippen MR) is 169 cm³/mol. The summed E-state index contributed by atoms with van der Waals surface area (Å²) in [6, 6.07) is 19.9. The molecule has 0 spiro atoms. The lowest BCUT2D eigenvalue weighted by atomic mass is 9.94. The van der Waals surface area contributed by atoms with Gasteiger partial charge in [-0.05, 0) is 48.2 Å². The highest BCUT2D eigenvalue weighted by Gasteiger charge is 2.32. The van der Waals surface area contributed by atoms with E-state index in [4.69, 9.17) is 46.4 Å². The van der Waals surface area contributed by atoms with Gasteiger partial charge < -0.3 is 10.2 Å². The first-order valence-corrected chi connectivity index (χ1v) is 16.1. The Hall–Kier alpha value is -1.89. The summed E-state index contributed by atoms with van der Waals surface area (Å²) in [5.41, 5.74) is 2.55. The van der Waals surface area contributed by atoms with Gasteiger partial charge in [-0.3, -0.25) is 9.59 Å². The second-order valence-electron chi connectivity index (χ2n) is 10.0. The average Bonchev–Trinajstić information content (AvgIpc) is 2.95. The van der Waals surface area contributed by atoms with Gasteiger partial charge in [-0.25, -0.2) is 0 Å². The summed E-state index contributed by atoms with van der Waals surface area (Å²) in [7, 11) is 0. The second-order valence-corrected chi connectivity index (χ2v) is 12.6. The number of thioether (sulfide) groups is 1. The number of rotatable bonds is 11. The van der Waals surface area contributed by atoms with Gasteiger partial charge in [0.05, 0.1) is 15.8 Å². The summed E-state index contributed by atoms with van der Waals surface area (Å²) < 4.78 is 0. The van der Waals surface area contributed by atoms with Crippen LogP contribution < -0.4 is 5.32 Å². The molecule has 1 fully saturated rings. The number of hydrogen-bond donors (Lipinski definition) is 1. The molecule has 1 saturated carbocycles. The lowest BCUT2D eigenvalue weighted by molar-refractivity contribution is -0.139. The molecular weight excluding hydrogens is 606 g/mol. The molecule has 4 nitrogen and oxygen atoms in total. The Kier molecular flexibility index (Phi) is 11.9. The van der Waals surface area contributed by atoms with Crippen molar-refractivity contribution in [3.63, 3.8) is 0 Å². The third kappa shape index (κ3) is 8.80. The zero-order valence-corrected chi connectivity index (χ0v) is 25.9. The van der Waals surface area contributed by atoms with Crippen LogP contribution in [0.25, 0.3) is 0 Å². The molecule has 3 aromatic rings. The Balaban J connectivity index is 1.60. The topological polar surface area (TPSA) is 49.4 Å².